The van der Waals surface area contributed by atoms with E-state index in [1.807, 2.05) is 24.3 Å². The van der Waals surface area contributed by atoms with E-state index in [9.17, 15) is 40.2 Å². The molecule has 1 aliphatic heterocycles. The standard InChI is InChI=1S/C34H47N5O11/c35-39-38-13-14-48-26-15-24(32(46)36-11-9-20-1-5-22(17-40)6-2-20)25(33(47)37-12-10-21-3-7-23(18-41)8-4-21)16-27(26)49-34-31(45)30(44)29(43)28(19-42)50-34/h1-8,24-31,34,40-45H,9-19H2,(H,36,46)(H,37,47)/t24-,25-,26-,27-,28+,29+,30-,31-,34-/m0/s1. The van der Waals surface area contributed by atoms with E-state index in [1.54, 1.807) is 24.3 Å². The molecule has 2 fully saturated rings. The van der Waals surface area contributed by atoms with Crippen LogP contribution >= 0.6 is 0 Å². The molecule has 50 heavy (non-hydrogen) atoms. The molecular weight excluding hydrogens is 654 g/mol. The third kappa shape index (κ3) is 10.7. The van der Waals surface area contributed by atoms with E-state index >= 15 is 0 Å². The summed E-state index contributed by atoms with van der Waals surface area (Å²) in [5, 5.41) is 68.9. The van der Waals surface area contributed by atoms with Crippen LogP contribution < -0.4 is 10.6 Å². The molecule has 1 saturated heterocycles. The lowest BCUT2D eigenvalue weighted by molar-refractivity contribution is -0.321. The number of carbonyl (C=O) groups is 2. The third-order valence-electron chi connectivity index (χ3n) is 9.13. The number of azide groups is 1. The predicted molar refractivity (Wildman–Crippen MR) is 177 cm³/mol. The number of ether oxygens (including phenoxy) is 3. The smallest absolute Gasteiger partial charge is 0.224 e. The van der Waals surface area contributed by atoms with Crippen LogP contribution in [0.3, 0.4) is 0 Å². The van der Waals surface area contributed by atoms with Gasteiger partial charge in [0.15, 0.2) is 6.29 Å². The first-order valence-electron chi connectivity index (χ1n) is 16.7. The summed E-state index contributed by atoms with van der Waals surface area (Å²) < 4.78 is 17.7. The Hall–Kier alpha value is -3.67. The van der Waals surface area contributed by atoms with Crippen LogP contribution in [0.2, 0.25) is 0 Å². The molecule has 0 unspecified atom stereocenters. The second kappa shape index (κ2) is 19.7. The molecule has 0 spiro atoms. The van der Waals surface area contributed by atoms with Gasteiger partial charge in [-0.25, -0.2) is 0 Å². The van der Waals surface area contributed by atoms with E-state index in [0.717, 1.165) is 22.3 Å². The first kappa shape index (κ1) is 39.1. The summed E-state index contributed by atoms with van der Waals surface area (Å²) in [7, 11) is 0. The lowest BCUT2D eigenvalue weighted by Gasteiger charge is -2.44. The Morgan fingerprint density at radius 2 is 1.28 bits per heavy atom. The molecule has 16 heteroatoms. The van der Waals surface area contributed by atoms with Crippen LogP contribution in [-0.4, -0.2) is 118 Å². The van der Waals surface area contributed by atoms with Crippen LogP contribution in [0.1, 0.15) is 35.1 Å². The van der Waals surface area contributed by atoms with Gasteiger partial charge >= 0.3 is 0 Å². The SMILES string of the molecule is [N-]=[N+]=NCCO[C@H]1C[C@H](C(=O)NCCc2ccc(CO)cc2)[C@@H](C(=O)NCCc2ccc(CO)cc2)C[C@@H]1O[C@H]1O[C@H](CO)[C@@H](O)[C@H](O)[C@@H]1O. The van der Waals surface area contributed by atoms with Gasteiger partial charge in [-0.05, 0) is 53.5 Å². The topological polar surface area (TPSA) is 256 Å². The molecule has 2 amide bonds. The minimum Gasteiger partial charge on any atom is -0.394 e. The van der Waals surface area contributed by atoms with Crippen molar-refractivity contribution >= 4 is 11.8 Å². The zero-order valence-corrected chi connectivity index (χ0v) is 27.7. The van der Waals surface area contributed by atoms with Crippen LogP contribution in [0.15, 0.2) is 53.6 Å². The Labute approximate surface area is 289 Å². The van der Waals surface area contributed by atoms with Crippen molar-refractivity contribution in [2.24, 2.45) is 17.0 Å². The zero-order chi connectivity index (χ0) is 36.0. The summed E-state index contributed by atoms with van der Waals surface area (Å²) in [6, 6.07) is 14.6. The number of aliphatic hydroxyl groups is 6. The van der Waals surface area contributed by atoms with E-state index in [0.29, 0.717) is 12.8 Å². The van der Waals surface area contributed by atoms with Crippen LogP contribution in [0, 0.1) is 11.8 Å². The van der Waals surface area contributed by atoms with Gasteiger partial charge in [0, 0.05) is 24.5 Å². The summed E-state index contributed by atoms with van der Waals surface area (Å²) in [4.78, 5) is 30.2. The number of nitrogens with zero attached hydrogens (tertiary/aromatic N) is 3. The van der Waals surface area contributed by atoms with E-state index < -0.39 is 67.3 Å². The molecule has 8 N–H and O–H groups in total. The van der Waals surface area contributed by atoms with Crippen LogP contribution in [-0.2, 0) is 49.9 Å². The molecule has 0 bridgehead atoms. The zero-order valence-electron chi connectivity index (χ0n) is 27.7. The number of hydrogen-bond acceptors (Lipinski definition) is 12. The monoisotopic (exact) mass is 701 g/mol. The minimum absolute atomic E-state index is 0.0100. The molecule has 0 aromatic heterocycles. The fourth-order valence-electron chi connectivity index (χ4n) is 6.22. The molecule has 1 saturated carbocycles. The van der Waals surface area contributed by atoms with Crippen molar-refractivity contribution < 1.29 is 54.4 Å². The average molecular weight is 702 g/mol. The van der Waals surface area contributed by atoms with Crippen molar-refractivity contribution in [2.75, 3.05) is 32.8 Å². The maximum Gasteiger partial charge on any atom is 0.224 e. The third-order valence-corrected chi connectivity index (χ3v) is 9.13. The number of amides is 2. The Morgan fingerprint density at radius 1 is 0.780 bits per heavy atom. The fourth-order valence-corrected chi connectivity index (χ4v) is 6.22. The molecule has 9 atom stereocenters. The van der Waals surface area contributed by atoms with Crippen molar-refractivity contribution in [2.45, 2.75) is 81.8 Å². The van der Waals surface area contributed by atoms with Crippen molar-refractivity contribution in [3.8, 4) is 0 Å². The first-order valence-corrected chi connectivity index (χ1v) is 16.7. The van der Waals surface area contributed by atoms with Crippen molar-refractivity contribution in [3.05, 3.63) is 81.2 Å². The van der Waals surface area contributed by atoms with Crippen molar-refractivity contribution in [1.29, 1.82) is 0 Å². The molecule has 2 aromatic rings. The highest BCUT2D eigenvalue weighted by Gasteiger charge is 2.49. The molecule has 2 aromatic carbocycles. The Bertz CT molecular complexity index is 1410. The second-order valence-electron chi connectivity index (χ2n) is 12.5. The lowest BCUT2D eigenvalue weighted by atomic mass is 9.75. The molecule has 16 nitrogen and oxygen atoms in total. The largest absolute Gasteiger partial charge is 0.394 e. The summed E-state index contributed by atoms with van der Waals surface area (Å²) in [5.41, 5.74) is 12.1. The maximum atomic E-state index is 13.8. The van der Waals surface area contributed by atoms with E-state index in [1.165, 1.54) is 0 Å². The first-order chi connectivity index (χ1) is 24.2. The van der Waals surface area contributed by atoms with Gasteiger partial charge < -0.3 is 55.5 Å². The van der Waals surface area contributed by atoms with Crippen molar-refractivity contribution in [3.63, 3.8) is 0 Å². The van der Waals surface area contributed by atoms with E-state index in [4.69, 9.17) is 19.7 Å². The second-order valence-corrected chi connectivity index (χ2v) is 12.5. The van der Waals surface area contributed by atoms with Gasteiger partial charge in [-0.15, -0.1) is 0 Å². The van der Waals surface area contributed by atoms with Gasteiger partial charge in [-0.1, -0.05) is 53.6 Å². The Balaban J connectivity index is 1.51. The number of rotatable bonds is 17. The molecular formula is C34H47N5O11. The Kier molecular flexibility index (Phi) is 15.4. The number of nitrogens with one attached hydrogen (secondary N) is 2. The average Bonchev–Trinajstić information content (AvgIpc) is 3.14. The molecule has 2 aliphatic rings. The van der Waals surface area contributed by atoms with E-state index in [2.05, 4.69) is 20.7 Å². The van der Waals surface area contributed by atoms with Crippen LogP contribution in [0.5, 0.6) is 0 Å². The van der Waals surface area contributed by atoms with E-state index in [-0.39, 0.29) is 58.2 Å². The number of aliphatic hydroxyl groups excluding tert-OH is 6. The van der Waals surface area contributed by atoms with Gasteiger partial charge in [-0.2, -0.15) is 0 Å². The van der Waals surface area contributed by atoms with Gasteiger partial charge in [0.2, 0.25) is 11.8 Å². The summed E-state index contributed by atoms with van der Waals surface area (Å²) in [6.45, 7) is -0.340. The molecule has 4 rings (SSSR count). The Morgan fingerprint density at radius 3 is 1.76 bits per heavy atom. The number of hydrogen-bond donors (Lipinski definition) is 8. The summed E-state index contributed by atoms with van der Waals surface area (Å²) in [5.74, 6) is -2.57. The van der Waals surface area contributed by atoms with Gasteiger partial charge in [0.1, 0.15) is 24.4 Å². The molecule has 1 aliphatic carbocycles. The minimum atomic E-state index is -1.70. The highest BCUT2D eigenvalue weighted by atomic mass is 16.7. The van der Waals surface area contributed by atoms with Crippen molar-refractivity contribution in [1.82, 2.24) is 10.6 Å². The summed E-state index contributed by atoms with van der Waals surface area (Å²) in [6.07, 6.45) is -8.58. The highest BCUT2D eigenvalue weighted by Crippen LogP contribution is 2.36. The molecule has 0 radical (unpaired) electrons. The van der Waals surface area contributed by atoms with Gasteiger partial charge in [-0.3, -0.25) is 9.59 Å². The van der Waals surface area contributed by atoms with Crippen LogP contribution in [0.25, 0.3) is 10.4 Å². The molecule has 1 heterocycles. The predicted octanol–water partition coefficient (Wildman–Crippen LogP) is -0.404. The summed E-state index contributed by atoms with van der Waals surface area (Å²) >= 11 is 0. The lowest BCUT2D eigenvalue weighted by Crippen LogP contribution is -2.61. The van der Waals surface area contributed by atoms with Crippen LogP contribution in [0.4, 0.5) is 0 Å². The number of benzene rings is 2. The highest BCUT2D eigenvalue weighted by molar-refractivity contribution is 5.88. The van der Waals surface area contributed by atoms with Gasteiger partial charge in [0.25, 0.3) is 0 Å². The molecule has 274 valence electrons. The van der Waals surface area contributed by atoms with Gasteiger partial charge in [0.05, 0.1) is 50.5 Å². The fraction of sp³-hybridized carbons (Fsp3) is 0.588. The quantitative estimate of drug-likeness (QED) is 0.0456. The normalized spacial score (nSPS) is 28.0. The number of carbonyl (C=O) groups excluding carboxylic acids is 2. The maximum absolute atomic E-state index is 13.8.